The lowest BCUT2D eigenvalue weighted by Crippen LogP contribution is -2.28. The number of hydrogen-bond acceptors (Lipinski definition) is 4. The van der Waals surface area contributed by atoms with Crippen LogP contribution in [0.1, 0.15) is 12.5 Å². The van der Waals surface area contributed by atoms with E-state index in [-0.39, 0.29) is 11.4 Å². The Hall–Kier alpha value is -1.40. The van der Waals surface area contributed by atoms with Gasteiger partial charge in [-0.25, -0.2) is 13.1 Å². The van der Waals surface area contributed by atoms with Crippen LogP contribution in [0.2, 0.25) is 0 Å². The van der Waals surface area contributed by atoms with Gasteiger partial charge in [0.15, 0.2) is 0 Å². The molecule has 1 aromatic carbocycles. The first kappa shape index (κ1) is 11.7. The number of rotatable bonds is 3. The smallest absolute Gasteiger partial charge is 0.264 e. The summed E-state index contributed by atoms with van der Waals surface area (Å²) in [4.78, 5) is 10.7. The minimum atomic E-state index is -3.75. The van der Waals surface area contributed by atoms with Crippen LogP contribution in [-0.2, 0) is 21.4 Å². The first-order valence-electron chi connectivity index (χ1n) is 4.28. The molecule has 0 aliphatic rings. The zero-order valence-electron chi connectivity index (χ0n) is 8.23. The minimum Gasteiger partial charge on any atom is -0.326 e. The van der Waals surface area contributed by atoms with Crippen molar-refractivity contribution in [3.8, 4) is 0 Å². The molecule has 0 fully saturated rings. The fourth-order valence-electron chi connectivity index (χ4n) is 1.09. The highest BCUT2D eigenvalue weighted by Crippen LogP contribution is 2.10. The number of nitrogens with one attached hydrogen (secondary N) is 1. The second-order valence-electron chi connectivity index (χ2n) is 3.01. The normalized spacial score (nSPS) is 11.1. The summed E-state index contributed by atoms with van der Waals surface area (Å²) in [6.07, 6.45) is 0. The Kier molecular flexibility index (Phi) is 3.43. The Morgan fingerprint density at radius 2 is 2.13 bits per heavy atom. The maximum absolute atomic E-state index is 11.5. The van der Waals surface area contributed by atoms with Crippen molar-refractivity contribution in [3.63, 3.8) is 0 Å². The second-order valence-corrected chi connectivity index (χ2v) is 4.70. The van der Waals surface area contributed by atoms with Gasteiger partial charge >= 0.3 is 0 Å². The van der Waals surface area contributed by atoms with Crippen molar-refractivity contribution >= 4 is 15.9 Å². The molecule has 1 aromatic rings. The van der Waals surface area contributed by atoms with Crippen molar-refractivity contribution in [1.29, 1.82) is 0 Å². The van der Waals surface area contributed by atoms with E-state index in [9.17, 15) is 13.2 Å². The summed E-state index contributed by atoms with van der Waals surface area (Å²) in [5.41, 5.74) is 6.08. The third kappa shape index (κ3) is 3.03. The third-order valence-electron chi connectivity index (χ3n) is 1.72. The Bertz CT molecular complexity index is 468. The van der Waals surface area contributed by atoms with E-state index in [2.05, 4.69) is 0 Å². The van der Waals surface area contributed by atoms with Gasteiger partial charge in [0.05, 0.1) is 4.90 Å². The minimum absolute atomic E-state index is 0.0423. The second kappa shape index (κ2) is 4.41. The lowest BCUT2D eigenvalue weighted by atomic mass is 10.2. The van der Waals surface area contributed by atoms with Crippen LogP contribution in [-0.4, -0.2) is 14.3 Å². The van der Waals surface area contributed by atoms with E-state index >= 15 is 0 Å². The molecule has 1 rings (SSSR count). The zero-order valence-corrected chi connectivity index (χ0v) is 9.04. The highest BCUT2D eigenvalue weighted by Gasteiger charge is 2.14. The molecule has 0 aromatic heterocycles. The Morgan fingerprint density at radius 3 is 2.67 bits per heavy atom. The van der Waals surface area contributed by atoms with Crippen LogP contribution >= 0.6 is 0 Å². The quantitative estimate of drug-likeness (QED) is 0.760. The molecule has 0 radical (unpaired) electrons. The first-order chi connectivity index (χ1) is 6.95. The van der Waals surface area contributed by atoms with E-state index in [1.165, 1.54) is 12.1 Å². The van der Waals surface area contributed by atoms with Gasteiger partial charge in [0, 0.05) is 13.5 Å². The predicted molar refractivity (Wildman–Crippen MR) is 55.3 cm³/mol. The average Bonchev–Trinajstić information content (AvgIpc) is 2.16. The van der Waals surface area contributed by atoms with Crippen molar-refractivity contribution in [3.05, 3.63) is 29.8 Å². The van der Waals surface area contributed by atoms with Crippen molar-refractivity contribution in [2.45, 2.75) is 18.4 Å². The monoisotopic (exact) mass is 228 g/mol. The van der Waals surface area contributed by atoms with Gasteiger partial charge in [-0.1, -0.05) is 12.1 Å². The summed E-state index contributed by atoms with van der Waals surface area (Å²) in [6, 6.07) is 6.14. The molecular weight excluding hydrogens is 216 g/mol. The summed E-state index contributed by atoms with van der Waals surface area (Å²) >= 11 is 0. The maximum Gasteiger partial charge on any atom is 0.264 e. The average molecular weight is 228 g/mol. The van der Waals surface area contributed by atoms with E-state index in [0.29, 0.717) is 5.56 Å². The van der Waals surface area contributed by atoms with Crippen molar-refractivity contribution in [2.24, 2.45) is 5.73 Å². The van der Waals surface area contributed by atoms with E-state index in [1.807, 2.05) is 4.72 Å². The summed E-state index contributed by atoms with van der Waals surface area (Å²) in [6.45, 7) is 1.40. The molecule has 3 N–H and O–H groups in total. The van der Waals surface area contributed by atoms with Crippen molar-refractivity contribution < 1.29 is 13.2 Å². The molecule has 0 saturated carbocycles. The van der Waals surface area contributed by atoms with Crippen LogP contribution in [0.3, 0.4) is 0 Å². The first-order valence-corrected chi connectivity index (χ1v) is 5.76. The summed E-state index contributed by atoms with van der Waals surface area (Å²) in [7, 11) is -3.75. The van der Waals surface area contributed by atoms with Gasteiger partial charge < -0.3 is 5.73 Å². The molecule has 0 bridgehead atoms. The molecule has 6 heteroatoms. The number of carbonyl (C=O) groups excluding carboxylic acids is 1. The molecule has 5 nitrogen and oxygen atoms in total. The van der Waals surface area contributed by atoms with Gasteiger partial charge in [0.2, 0.25) is 5.91 Å². The van der Waals surface area contributed by atoms with E-state index in [0.717, 1.165) is 6.92 Å². The predicted octanol–water partition coefficient (Wildman–Crippen LogP) is -0.0299. The van der Waals surface area contributed by atoms with E-state index in [1.54, 1.807) is 12.1 Å². The zero-order chi connectivity index (χ0) is 11.5. The molecule has 15 heavy (non-hydrogen) atoms. The number of amides is 1. The molecule has 0 unspecified atom stereocenters. The SMILES string of the molecule is CC(=O)NS(=O)(=O)c1cccc(CN)c1. The van der Waals surface area contributed by atoms with Crippen LogP contribution in [0.15, 0.2) is 29.2 Å². The molecule has 0 saturated heterocycles. The fourth-order valence-corrected chi connectivity index (χ4v) is 2.15. The largest absolute Gasteiger partial charge is 0.326 e. The summed E-state index contributed by atoms with van der Waals surface area (Å²) in [5.74, 6) is -0.617. The summed E-state index contributed by atoms with van der Waals surface area (Å²) < 4.78 is 25.0. The highest BCUT2D eigenvalue weighted by molar-refractivity contribution is 7.90. The Morgan fingerprint density at radius 1 is 1.47 bits per heavy atom. The lowest BCUT2D eigenvalue weighted by molar-refractivity contribution is -0.117. The van der Waals surface area contributed by atoms with Gasteiger partial charge in [-0.2, -0.15) is 0 Å². The van der Waals surface area contributed by atoms with E-state index < -0.39 is 15.9 Å². The molecule has 1 amide bonds. The van der Waals surface area contributed by atoms with Gasteiger partial charge in [0.1, 0.15) is 0 Å². The van der Waals surface area contributed by atoms with Gasteiger partial charge in [0.25, 0.3) is 10.0 Å². The third-order valence-corrected chi connectivity index (χ3v) is 3.15. The van der Waals surface area contributed by atoms with Crippen LogP contribution in [0.25, 0.3) is 0 Å². The fraction of sp³-hybridized carbons (Fsp3) is 0.222. The van der Waals surface area contributed by atoms with E-state index in [4.69, 9.17) is 5.73 Å². The highest BCUT2D eigenvalue weighted by atomic mass is 32.2. The number of benzene rings is 1. The number of sulfonamides is 1. The van der Waals surface area contributed by atoms with Crippen LogP contribution < -0.4 is 10.5 Å². The molecule has 82 valence electrons. The van der Waals surface area contributed by atoms with Crippen molar-refractivity contribution in [2.75, 3.05) is 0 Å². The van der Waals surface area contributed by atoms with Crippen LogP contribution in [0.5, 0.6) is 0 Å². The molecule has 0 heterocycles. The van der Waals surface area contributed by atoms with Gasteiger partial charge in [-0.05, 0) is 17.7 Å². The standard InChI is InChI=1S/C9H12N2O3S/c1-7(12)11-15(13,14)9-4-2-3-8(5-9)6-10/h2-5H,6,10H2,1H3,(H,11,12). The lowest BCUT2D eigenvalue weighted by Gasteiger charge is -2.05. The Labute approximate surface area is 88.3 Å². The number of carbonyl (C=O) groups is 1. The van der Waals surface area contributed by atoms with Crippen LogP contribution in [0, 0.1) is 0 Å². The molecule has 0 aliphatic carbocycles. The van der Waals surface area contributed by atoms with Gasteiger partial charge in [-0.3, -0.25) is 4.79 Å². The summed E-state index contributed by atoms with van der Waals surface area (Å²) in [5, 5.41) is 0. The maximum atomic E-state index is 11.5. The molecular formula is C9H12N2O3S. The van der Waals surface area contributed by atoms with Crippen molar-refractivity contribution in [1.82, 2.24) is 4.72 Å². The molecule has 0 atom stereocenters. The molecule has 0 spiro atoms. The number of nitrogens with two attached hydrogens (primary N) is 1. The van der Waals surface area contributed by atoms with Gasteiger partial charge in [-0.15, -0.1) is 0 Å². The molecule has 0 aliphatic heterocycles. The van der Waals surface area contributed by atoms with Crippen LogP contribution in [0.4, 0.5) is 0 Å². The Balaban J connectivity index is 3.10. The topological polar surface area (TPSA) is 89.3 Å². The number of hydrogen-bond donors (Lipinski definition) is 2.